The fourth-order valence-corrected chi connectivity index (χ4v) is 2.31. The first-order valence-electron chi connectivity index (χ1n) is 5.81. The molecule has 3 nitrogen and oxygen atoms in total. The van der Waals surface area contributed by atoms with Gasteiger partial charge in [0.1, 0.15) is 0 Å². The lowest BCUT2D eigenvalue weighted by Gasteiger charge is -2.16. The molecule has 1 atom stereocenters. The fraction of sp³-hybridized carbons (Fsp3) is 0.462. The van der Waals surface area contributed by atoms with Gasteiger partial charge < -0.3 is 11.1 Å². The summed E-state index contributed by atoms with van der Waals surface area (Å²) in [5, 5.41) is 12.1. The molecule has 17 heavy (non-hydrogen) atoms. The lowest BCUT2D eigenvalue weighted by Crippen LogP contribution is -2.17. The lowest BCUT2D eigenvalue weighted by atomic mass is 10.1. The maximum atomic E-state index is 8.75. The second-order valence-electron chi connectivity index (χ2n) is 3.94. The molecule has 0 saturated carbocycles. The summed E-state index contributed by atoms with van der Waals surface area (Å²) in [5.74, 6) is 2.31. The average molecular weight is 249 g/mol. The van der Waals surface area contributed by atoms with Crippen LogP contribution in [0.25, 0.3) is 0 Å². The minimum absolute atomic E-state index is 0.393. The first-order chi connectivity index (χ1) is 8.17. The quantitative estimate of drug-likeness (QED) is 0.601. The minimum atomic E-state index is 0.393. The van der Waals surface area contributed by atoms with Gasteiger partial charge in [0.2, 0.25) is 0 Å². The Labute approximate surface area is 107 Å². The molecule has 1 aromatic rings. The first kappa shape index (κ1) is 13.7. The third-order valence-electron chi connectivity index (χ3n) is 2.48. The molecule has 4 heteroatoms. The van der Waals surface area contributed by atoms with Crippen LogP contribution in [0.4, 0.5) is 11.4 Å². The van der Waals surface area contributed by atoms with E-state index in [2.05, 4.69) is 25.2 Å². The molecular formula is C13H19N3S. The van der Waals surface area contributed by atoms with Gasteiger partial charge in [-0.15, -0.1) is 0 Å². The van der Waals surface area contributed by atoms with Gasteiger partial charge in [-0.25, -0.2) is 0 Å². The summed E-state index contributed by atoms with van der Waals surface area (Å²) in [4.78, 5) is 0. The molecule has 0 aliphatic heterocycles. The number of rotatable bonds is 6. The monoisotopic (exact) mass is 249 g/mol. The van der Waals surface area contributed by atoms with E-state index in [4.69, 9.17) is 11.0 Å². The van der Waals surface area contributed by atoms with Crippen LogP contribution in [0, 0.1) is 11.3 Å². The highest BCUT2D eigenvalue weighted by Gasteiger charge is 2.05. The van der Waals surface area contributed by atoms with Crippen molar-refractivity contribution >= 4 is 23.1 Å². The number of anilines is 2. The van der Waals surface area contributed by atoms with Crippen molar-refractivity contribution in [2.45, 2.75) is 26.3 Å². The zero-order valence-electron chi connectivity index (χ0n) is 10.4. The summed E-state index contributed by atoms with van der Waals surface area (Å²) in [7, 11) is 0. The normalized spacial score (nSPS) is 11.8. The van der Waals surface area contributed by atoms with Gasteiger partial charge in [-0.2, -0.15) is 17.0 Å². The van der Waals surface area contributed by atoms with Gasteiger partial charge >= 0.3 is 0 Å². The number of nitrogens with zero attached hydrogens (tertiary/aromatic N) is 1. The molecule has 3 N–H and O–H groups in total. The van der Waals surface area contributed by atoms with Crippen LogP contribution in [0.15, 0.2) is 18.2 Å². The van der Waals surface area contributed by atoms with Crippen LogP contribution in [0.3, 0.4) is 0 Å². The molecule has 1 rings (SSSR count). The number of nitriles is 1. The van der Waals surface area contributed by atoms with Crippen molar-refractivity contribution in [1.29, 1.82) is 5.26 Å². The molecular weight excluding hydrogens is 230 g/mol. The first-order valence-corrected chi connectivity index (χ1v) is 6.96. The topological polar surface area (TPSA) is 61.8 Å². The summed E-state index contributed by atoms with van der Waals surface area (Å²) in [6.45, 7) is 4.31. The molecule has 92 valence electrons. The van der Waals surface area contributed by atoms with Gasteiger partial charge in [-0.3, -0.25) is 0 Å². The Hall–Kier alpha value is -1.34. The lowest BCUT2D eigenvalue weighted by molar-refractivity contribution is 0.772. The Morgan fingerprint density at radius 3 is 2.88 bits per heavy atom. The summed E-state index contributed by atoms with van der Waals surface area (Å²) in [6.07, 6.45) is 1.11. The maximum Gasteiger partial charge on any atom is 0.0992 e. The highest BCUT2D eigenvalue weighted by Crippen LogP contribution is 2.21. The van der Waals surface area contributed by atoms with Crippen LogP contribution in [0.5, 0.6) is 0 Å². The molecule has 0 heterocycles. The Morgan fingerprint density at radius 2 is 2.29 bits per heavy atom. The van der Waals surface area contributed by atoms with E-state index in [9.17, 15) is 0 Å². The van der Waals surface area contributed by atoms with Crippen molar-refractivity contribution in [2.24, 2.45) is 0 Å². The smallest absolute Gasteiger partial charge is 0.0992 e. The second kappa shape index (κ2) is 7.08. The van der Waals surface area contributed by atoms with Crippen LogP contribution in [0.1, 0.15) is 25.8 Å². The van der Waals surface area contributed by atoms with E-state index in [1.54, 1.807) is 12.1 Å². The Kier molecular flexibility index (Phi) is 5.71. The molecule has 0 radical (unpaired) electrons. The Morgan fingerprint density at radius 1 is 1.53 bits per heavy atom. The number of hydrogen-bond acceptors (Lipinski definition) is 4. The number of benzene rings is 1. The molecule has 0 amide bonds. The predicted octanol–water partition coefficient (Wildman–Crippen LogP) is 3.08. The molecule has 0 spiro atoms. The van der Waals surface area contributed by atoms with Crippen molar-refractivity contribution in [2.75, 3.05) is 22.6 Å². The van der Waals surface area contributed by atoms with E-state index in [0.29, 0.717) is 17.3 Å². The molecule has 1 unspecified atom stereocenters. The van der Waals surface area contributed by atoms with Crippen LogP contribution in [0.2, 0.25) is 0 Å². The van der Waals surface area contributed by atoms with E-state index >= 15 is 0 Å². The number of thioether (sulfide) groups is 1. The summed E-state index contributed by atoms with van der Waals surface area (Å²) < 4.78 is 0. The molecule has 0 aliphatic rings. The van der Waals surface area contributed by atoms with Crippen molar-refractivity contribution in [3.63, 3.8) is 0 Å². The number of nitrogens with one attached hydrogen (secondary N) is 1. The van der Waals surface area contributed by atoms with E-state index in [-0.39, 0.29) is 0 Å². The third-order valence-corrected chi connectivity index (χ3v) is 3.41. The molecule has 0 aliphatic carbocycles. The molecule has 0 saturated heterocycles. The van der Waals surface area contributed by atoms with E-state index < -0.39 is 0 Å². The van der Waals surface area contributed by atoms with Gasteiger partial charge in [0.05, 0.1) is 23.0 Å². The van der Waals surface area contributed by atoms with Crippen molar-refractivity contribution in [3.8, 4) is 6.07 Å². The second-order valence-corrected chi connectivity index (χ2v) is 5.34. The van der Waals surface area contributed by atoms with Gasteiger partial charge in [0.25, 0.3) is 0 Å². The summed E-state index contributed by atoms with van der Waals surface area (Å²) >= 11 is 1.94. The Balaban J connectivity index is 2.54. The third kappa shape index (κ3) is 4.58. The van der Waals surface area contributed by atoms with Crippen molar-refractivity contribution in [1.82, 2.24) is 0 Å². The standard InChI is InChI=1S/C13H19N3S/c1-3-17-7-6-10(2)16-13-5-4-11(9-14)8-12(13)15/h4-5,8,10,16H,3,6-7,15H2,1-2H3. The number of nitrogen functional groups attached to an aromatic ring is 1. The highest BCUT2D eigenvalue weighted by molar-refractivity contribution is 7.99. The fourth-order valence-electron chi connectivity index (χ4n) is 1.51. The maximum absolute atomic E-state index is 8.75. The molecule has 1 aromatic carbocycles. The van der Waals surface area contributed by atoms with Crippen LogP contribution >= 0.6 is 11.8 Å². The van der Waals surface area contributed by atoms with Gasteiger partial charge in [-0.1, -0.05) is 6.92 Å². The predicted molar refractivity (Wildman–Crippen MR) is 76.3 cm³/mol. The minimum Gasteiger partial charge on any atom is -0.397 e. The van der Waals surface area contributed by atoms with Crippen LogP contribution in [-0.4, -0.2) is 17.5 Å². The zero-order chi connectivity index (χ0) is 12.7. The average Bonchev–Trinajstić information content (AvgIpc) is 2.32. The summed E-state index contributed by atoms with van der Waals surface area (Å²) in [6, 6.07) is 7.83. The number of hydrogen-bond donors (Lipinski definition) is 2. The van der Waals surface area contributed by atoms with Crippen molar-refractivity contribution in [3.05, 3.63) is 23.8 Å². The molecule has 0 bridgehead atoms. The molecule has 0 fully saturated rings. The van der Waals surface area contributed by atoms with Crippen LogP contribution in [-0.2, 0) is 0 Å². The van der Waals surface area contributed by atoms with Gasteiger partial charge in [-0.05, 0) is 43.0 Å². The number of nitrogens with two attached hydrogens (primary N) is 1. The van der Waals surface area contributed by atoms with E-state index in [1.807, 2.05) is 17.8 Å². The van der Waals surface area contributed by atoms with Gasteiger partial charge in [0, 0.05) is 6.04 Å². The zero-order valence-corrected chi connectivity index (χ0v) is 11.2. The van der Waals surface area contributed by atoms with E-state index in [1.165, 1.54) is 0 Å². The Bertz CT molecular complexity index is 398. The molecule has 0 aromatic heterocycles. The van der Waals surface area contributed by atoms with E-state index in [0.717, 1.165) is 23.6 Å². The SMILES string of the molecule is CCSCCC(C)Nc1ccc(C#N)cc1N. The summed E-state index contributed by atoms with van der Waals surface area (Å²) in [5.41, 5.74) is 8.03. The van der Waals surface area contributed by atoms with Crippen LogP contribution < -0.4 is 11.1 Å². The van der Waals surface area contributed by atoms with Gasteiger partial charge in [0.15, 0.2) is 0 Å². The highest BCUT2D eigenvalue weighted by atomic mass is 32.2. The largest absolute Gasteiger partial charge is 0.397 e. The van der Waals surface area contributed by atoms with Crippen molar-refractivity contribution < 1.29 is 0 Å².